The van der Waals surface area contributed by atoms with Crippen LogP contribution in [0.15, 0.2) is 35.7 Å². The lowest BCUT2D eigenvalue weighted by atomic mass is 10.1. The van der Waals surface area contributed by atoms with Gasteiger partial charge in [-0.3, -0.25) is 4.79 Å². The third-order valence-corrected chi connectivity index (χ3v) is 5.48. The number of hydrogen-bond donors (Lipinski definition) is 0. The van der Waals surface area contributed by atoms with Crippen molar-refractivity contribution in [2.45, 2.75) is 45.3 Å². The molecule has 5 heteroatoms. The van der Waals surface area contributed by atoms with Crippen molar-refractivity contribution in [3.8, 4) is 5.75 Å². The fourth-order valence-electron chi connectivity index (χ4n) is 2.93. The number of carbonyl (C=O) groups is 1. The molecule has 0 radical (unpaired) electrons. The Morgan fingerprint density at radius 1 is 1.42 bits per heavy atom. The van der Waals surface area contributed by atoms with Gasteiger partial charge in [0.25, 0.3) is 0 Å². The molecule has 0 spiro atoms. The summed E-state index contributed by atoms with van der Waals surface area (Å²) in [6.07, 6.45) is 3.33. The first-order valence-corrected chi connectivity index (χ1v) is 9.66. The molecule has 0 saturated carbocycles. The second kappa shape index (κ2) is 8.04. The van der Waals surface area contributed by atoms with Gasteiger partial charge in [-0.25, -0.2) is 0 Å². The summed E-state index contributed by atoms with van der Waals surface area (Å²) in [4.78, 5) is 15.9. The van der Waals surface area contributed by atoms with E-state index >= 15 is 0 Å². The molecular formula is C19H22ClNO2S. The molecule has 1 atom stereocenters. The maximum absolute atomic E-state index is 12.7. The summed E-state index contributed by atoms with van der Waals surface area (Å²) in [6, 6.07) is 9.85. The Kier molecular flexibility index (Phi) is 5.80. The number of nitrogens with zero attached hydrogens (tertiary/aromatic N) is 1. The molecule has 1 aliphatic heterocycles. The van der Waals surface area contributed by atoms with Crippen molar-refractivity contribution >= 4 is 28.8 Å². The highest BCUT2D eigenvalue weighted by Gasteiger charge is 2.25. The van der Waals surface area contributed by atoms with E-state index in [1.807, 2.05) is 23.1 Å². The van der Waals surface area contributed by atoms with Crippen molar-refractivity contribution in [3.05, 3.63) is 51.2 Å². The van der Waals surface area contributed by atoms with Crippen LogP contribution in [0.5, 0.6) is 5.75 Å². The van der Waals surface area contributed by atoms with Crippen molar-refractivity contribution in [2.24, 2.45) is 0 Å². The number of rotatable bonds is 5. The van der Waals surface area contributed by atoms with Gasteiger partial charge in [0.1, 0.15) is 11.9 Å². The van der Waals surface area contributed by atoms with Crippen molar-refractivity contribution in [1.29, 1.82) is 0 Å². The number of carbonyl (C=O) groups excluding carboxylic acids is 1. The Morgan fingerprint density at radius 2 is 2.29 bits per heavy atom. The zero-order valence-corrected chi connectivity index (χ0v) is 15.4. The van der Waals surface area contributed by atoms with Crippen molar-refractivity contribution in [1.82, 2.24) is 4.90 Å². The molecule has 0 saturated heterocycles. The first-order chi connectivity index (χ1) is 11.7. The molecule has 3 rings (SSSR count). The number of aryl methyl sites for hydroxylation is 1. The topological polar surface area (TPSA) is 29.5 Å². The van der Waals surface area contributed by atoms with Crippen LogP contribution in [0.25, 0.3) is 0 Å². The Hall–Kier alpha value is -1.52. The van der Waals surface area contributed by atoms with E-state index in [-0.39, 0.29) is 12.0 Å². The molecule has 1 aromatic heterocycles. The van der Waals surface area contributed by atoms with Crippen molar-refractivity contribution in [3.63, 3.8) is 0 Å². The lowest BCUT2D eigenvalue weighted by molar-refractivity contribution is -0.132. The molecule has 1 aliphatic rings. The summed E-state index contributed by atoms with van der Waals surface area (Å²) in [5, 5.41) is 2.75. The van der Waals surface area contributed by atoms with Crippen LogP contribution in [-0.4, -0.2) is 23.5 Å². The average Bonchev–Trinajstić information content (AvgIpc) is 3.01. The van der Waals surface area contributed by atoms with Crippen LogP contribution in [0.1, 0.15) is 36.6 Å². The van der Waals surface area contributed by atoms with Gasteiger partial charge in [-0.05, 0) is 42.8 Å². The largest absolute Gasteiger partial charge is 0.488 e. The lowest BCUT2D eigenvalue weighted by Gasteiger charge is -2.23. The van der Waals surface area contributed by atoms with Gasteiger partial charge in [0.05, 0.1) is 6.54 Å². The predicted octanol–water partition coefficient (Wildman–Crippen LogP) is 4.92. The molecule has 2 aromatic rings. The van der Waals surface area contributed by atoms with Crippen LogP contribution in [0.3, 0.4) is 0 Å². The number of fused-ring (bicyclic) bond motifs is 1. The Bertz CT molecular complexity index is 687. The van der Waals surface area contributed by atoms with Crippen LogP contribution in [0, 0.1) is 0 Å². The van der Waals surface area contributed by atoms with Gasteiger partial charge in [-0.1, -0.05) is 30.7 Å². The number of halogens is 1. The van der Waals surface area contributed by atoms with E-state index in [1.54, 1.807) is 11.3 Å². The second-order valence-corrected chi connectivity index (χ2v) is 7.58. The van der Waals surface area contributed by atoms with Crippen molar-refractivity contribution in [2.75, 3.05) is 6.54 Å². The average molecular weight is 364 g/mol. The fraction of sp³-hybridized carbons (Fsp3) is 0.421. The number of amides is 1. The zero-order valence-electron chi connectivity index (χ0n) is 13.8. The van der Waals surface area contributed by atoms with E-state index in [9.17, 15) is 4.79 Å². The highest BCUT2D eigenvalue weighted by molar-refractivity contribution is 7.09. The summed E-state index contributed by atoms with van der Waals surface area (Å²) in [5.74, 6) is 1.01. The van der Waals surface area contributed by atoms with E-state index in [2.05, 4.69) is 24.4 Å². The maximum Gasteiger partial charge on any atom is 0.223 e. The van der Waals surface area contributed by atoms with Gasteiger partial charge in [-0.2, -0.15) is 0 Å². The van der Waals surface area contributed by atoms with Crippen LogP contribution in [0.4, 0.5) is 0 Å². The monoisotopic (exact) mass is 363 g/mol. The van der Waals surface area contributed by atoms with E-state index < -0.39 is 0 Å². The second-order valence-electron chi connectivity index (χ2n) is 6.11. The Labute approximate surface area is 152 Å². The molecular weight excluding hydrogens is 342 g/mol. The molecule has 0 N–H and O–H groups in total. The molecule has 0 bridgehead atoms. The van der Waals surface area contributed by atoms with Crippen LogP contribution in [-0.2, 0) is 17.8 Å². The van der Waals surface area contributed by atoms with E-state index in [0.717, 1.165) is 30.6 Å². The number of hydrogen-bond acceptors (Lipinski definition) is 3. The molecule has 1 amide bonds. The molecule has 24 heavy (non-hydrogen) atoms. The Morgan fingerprint density at radius 3 is 3.04 bits per heavy atom. The minimum Gasteiger partial charge on any atom is -0.488 e. The standard InChI is InChI=1S/C19H22ClNO2S/c1-2-16-13-21(12-14-8-9-15(20)11-18(14)23-16)19(22)7-3-5-17-6-4-10-24-17/h4,6,8-11,16H,2-3,5,7,12-13H2,1H3. The first kappa shape index (κ1) is 17.3. The van der Waals surface area contributed by atoms with Gasteiger partial charge in [-0.15, -0.1) is 11.3 Å². The third-order valence-electron chi connectivity index (χ3n) is 4.31. The summed E-state index contributed by atoms with van der Waals surface area (Å²) >= 11 is 7.83. The zero-order chi connectivity index (χ0) is 16.9. The lowest BCUT2D eigenvalue weighted by Crippen LogP contribution is -2.37. The summed E-state index contributed by atoms with van der Waals surface area (Å²) < 4.78 is 6.05. The van der Waals surface area contributed by atoms with Gasteiger partial charge in [0.15, 0.2) is 0 Å². The SMILES string of the molecule is CCC1CN(C(=O)CCCc2cccs2)Cc2ccc(Cl)cc2O1. The van der Waals surface area contributed by atoms with Crippen LogP contribution in [0.2, 0.25) is 5.02 Å². The minimum atomic E-state index is 0.0194. The smallest absolute Gasteiger partial charge is 0.223 e. The number of ether oxygens (including phenoxy) is 1. The Balaban J connectivity index is 1.65. The molecule has 0 fully saturated rings. The molecule has 128 valence electrons. The van der Waals surface area contributed by atoms with E-state index in [0.29, 0.717) is 24.5 Å². The van der Waals surface area contributed by atoms with Gasteiger partial charge in [0, 0.05) is 28.4 Å². The minimum absolute atomic E-state index is 0.0194. The van der Waals surface area contributed by atoms with Gasteiger partial charge >= 0.3 is 0 Å². The first-order valence-electron chi connectivity index (χ1n) is 8.41. The van der Waals surface area contributed by atoms with E-state index in [1.165, 1.54) is 4.88 Å². The number of benzene rings is 1. The maximum atomic E-state index is 12.7. The molecule has 1 aromatic carbocycles. The molecule has 3 nitrogen and oxygen atoms in total. The summed E-state index contributed by atoms with van der Waals surface area (Å²) in [6.45, 7) is 3.32. The quantitative estimate of drug-likeness (QED) is 0.754. The van der Waals surface area contributed by atoms with Crippen LogP contribution < -0.4 is 4.74 Å². The third kappa shape index (κ3) is 4.31. The highest BCUT2D eigenvalue weighted by Crippen LogP contribution is 2.29. The van der Waals surface area contributed by atoms with Gasteiger partial charge in [0.2, 0.25) is 5.91 Å². The molecule has 0 aliphatic carbocycles. The molecule has 1 unspecified atom stereocenters. The number of thiophene rings is 1. The fourth-order valence-corrected chi connectivity index (χ4v) is 3.84. The highest BCUT2D eigenvalue weighted by atomic mass is 35.5. The molecule has 2 heterocycles. The van der Waals surface area contributed by atoms with E-state index in [4.69, 9.17) is 16.3 Å². The van der Waals surface area contributed by atoms with Crippen LogP contribution >= 0.6 is 22.9 Å². The summed E-state index contributed by atoms with van der Waals surface area (Å²) in [7, 11) is 0. The van der Waals surface area contributed by atoms with Gasteiger partial charge < -0.3 is 9.64 Å². The normalized spacial score (nSPS) is 17.1. The van der Waals surface area contributed by atoms with Crippen molar-refractivity contribution < 1.29 is 9.53 Å². The predicted molar refractivity (Wildman–Crippen MR) is 98.8 cm³/mol. The summed E-state index contributed by atoms with van der Waals surface area (Å²) in [5.41, 5.74) is 1.03.